The molecule has 0 unspecified atom stereocenters. The Morgan fingerprint density at radius 2 is 1.03 bits per heavy atom. The molecule has 7 rings (SSSR count). The lowest BCUT2D eigenvalue weighted by Gasteiger charge is -2.34. The van der Waals surface area contributed by atoms with Gasteiger partial charge in [0.15, 0.2) is 0 Å². The Morgan fingerprint density at radius 3 is 1.85 bits per heavy atom. The van der Waals surface area contributed by atoms with Crippen molar-refractivity contribution in [3.63, 3.8) is 0 Å². The topological polar surface area (TPSA) is 22.4 Å². The van der Waals surface area contributed by atoms with E-state index in [9.17, 15) is 0 Å². The van der Waals surface area contributed by atoms with E-state index >= 15 is 0 Å². The zero-order chi connectivity index (χ0) is 26.4. The quantitative estimate of drug-likeness (QED) is 0.238. The molecule has 39 heavy (non-hydrogen) atoms. The van der Waals surface area contributed by atoms with Crippen LogP contribution in [0.25, 0.3) is 44.9 Å². The lowest BCUT2D eigenvalue weighted by atomic mass is 9.75. The van der Waals surface area contributed by atoms with Gasteiger partial charge in [-0.2, -0.15) is 0 Å². The number of benzene rings is 5. The number of para-hydroxylation sites is 1. The third-order valence-corrected chi connectivity index (χ3v) is 7.82. The van der Waals surface area contributed by atoms with Crippen LogP contribution in [0.2, 0.25) is 0 Å². The predicted octanol–water partition coefficient (Wildman–Crippen LogP) is 10.4. The Balaban J connectivity index is 1.22. The van der Waals surface area contributed by atoms with Gasteiger partial charge in [0.2, 0.25) is 0 Å². The lowest BCUT2D eigenvalue weighted by molar-refractivity contribution is 0.418. The minimum atomic E-state index is -0.133. The highest BCUT2D eigenvalue weighted by atomic mass is 16.5. The molecule has 1 aliphatic heterocycles. The molecule has 0 saturated carbocycles. The van der Waals surface area contributed by atoms with Gasteiger partial charge in [-0.1, -0.05) is 123 Å². The molecular weight excluding hydrogens is 476 g/mol. The average molecular weight is 505 g/mol. The van der Waals surface area contributed by atoms with Gasteiger partial charge in [-0.15, -0.1) is 0 Å². The fourth-order valence-electron chi connectivity index (χ4n) is 5.67. The first kappa shape index (κ1) is 23.3. The summed E-state index contributed by atoms with van der Waals surface area (Å²) in [5.41, 5.74) is 9.05. The van der Waals surface area contributed by atoms with Gasteiger partial charge in [-0.25, -0.2) is 0 Å². The monoisotopic (exact) mass is 504 g/mol. The molecule has 2 nitrogen and oxygen atoms in total. The molecule has 0 saturated heterocycles. The average Bonchev–Trinajstić information content (AvgIpc) is 3.48. The van der Waals surface area contributed by atoms with E-state index in [2.05, 4.69) is 123 Å². The summed E-state index contributed by atoms with van der Waals surface area (Å²) in [7, 11) is 0. The molecule has 1 aromatic heterocycles. The summed E-state index contributed by atoms with van der Waals surface area (Å²) < 4.78 is 12.8. The minimum absolute atomic E-state index is 0.133. The molecule has 188 valence electrons. The van der Waals surface area contributed by atoms with Gasteiger partial charge in [-0.3, -0.25) is 0 Å². The van der Waals surface area contributed by atoms with Gasteiger partial charge in [0.1, 0.15) is 23.0 Å². The Morgan fingerprint density at radius 1 is 0.436 bits per heavy atom. The van der Waals surface area contributed by atoms with Crippen LogP contribution < -0.4 is 4.74 Å². The Labute approximate surface area is 229 Å². The smallest absolute Gasteiger partial charge is 0.135 e. The second kappa shape index (κ2) is 9.18. The fourth-order valence-corrected chi connectivity index (χ4v) is 5.67. The third-order valence-electron chi connectivity index (χ3n) is 7.82. The maximum atomic E-state index is 6.47. The van der Waals surface area contributed by atoms with Crippen molar-refractivity contribution in [3.05, 3.63) is 145 Å². The molecule has 5 aromatic carbocycles. The molecule has 0 amide bonds. The van der Waals surface area contributed by atoms with Crippen molar-refractivity contribution in [2.45, 2.75) is 19.3 Å². The first-order chi connectivity index (χ1) is 19.1. The number of rotatable bonds is 4. The third kappa shape index (κ3) is 4.06. The van der Waals surface area contributed by atoms with Crippen LogP contribution in [0.1, 0.15) is 25.0 Å². The van der Waals surface area contributed by atoms with Crippen molar-refractivity contribution in [2.75, 3.05) is 0 Å². The molecule has 6 aromatic rings. The standard InChI is InChI=1S/C37H28O2/c1-37(2)31-14-8-9-15-35(31)39-36-24-28(20-21-32(36)37)33-22-23-34(38-33)30-13-7-6-12-29(30)27-18-16-26(17-19-27)25-10-4-3-5-11-25/h3-24H,1-2H3. The Bertz CT molecular complexity index is 1790. The molecular formula is C37H28O2. The zero-order valence-corrected chi connectivity index (χ0v) is 22.0. The number of hydrogen-bond acceptors (Lipinski definition) is 2. The summed E-state index contributed by atoms with van der Waals surface area (Å²) in [6, 6.07) is 46.4. The van der Waals surface area contributed by atoms with Crippen LogP contribution in [0.15, 0.2) is 138 Å². The second-order valence-corrected chi connectivity index (χ2v) is 10.6. The summed E-state index contributed by atoms with van der Waals surface area (Å²) in [4.78, 5) is 0. The van der Waals surface area contributed by atoms with E-state index in [0.29, 0.717) is 0 Å². The fraction of sp³-hybridized carbons (Fsp3) is 0.0811. The molecule has 0 atom stereocenters. The molecule has 2 heteroatoms. The second-order valence-electron chi connectivity index (χ2n) is 10.6. The van der Waals surface area contributed by atoms with E-state index in [0.717, 1.165) is 45.3 Å². The van der Waals surface area contributed by atoms with Crippen molar-refractivity contribution in [3.8, 4) is 56.4 Å². The van der Waals surface area contributed by atoms with Gasteiger partial charge in [-0.05, 0) is 46.5 Å². The van der Waals surface area contributed by atoms with Crippen LogP contribution >= 0.6 is 0 Å². The molecule has 0 fully saturated rings. The van der Waals surface area contributed by atoms with E-state index in [-0.39, 0.29) is 5.41 Å². The summed E-state index contributed by atoms with van der Waals surface area (Å²) in [6.07, 6.45) is 0. The SMILES string of the molecule is CC1(C)c2ccccc2Oc2cc(-c3ccc(-c4ccccc4-c4ccc(-c5ccccc5)cc4)o3)ccc21. The van der Waals surface area contributed by atoms with E-state index < -0.39 is 0 Å². The van der Waals surface area contributed by atoms with Crippen LogP contribution in [-0.4, -0.2) is 0 Å². The normalized spacial score (nSPS) is 13.3. The number of ether oxygens (including phenoxy) is 1. The first-order valence-electron chi connectivity index (χ1n) is 13.4. The highest BCUT2D eigenvalue weighted by Gasteiger charge is 2.34. The number of hydrogen-bond donors (Lipinski definition) is 0. The molecule has 2 heterocycles. The highest BCUT2D eigenvalue weighted by molar-refractivity contribution is 5.83. The van der Waals surface area contributed by atoms with E-state index in [1.165, 1.54) is 22.3 Å². The predicted molar refractivity (Wildman–Crippen MR) is 159 cm³/mol. The Hall–Kier alpha value is -4.82. The van der Waals surface area contributed by atoms with Crippen molar-refractivity contribution in [1.29, 1.82) is 0 Å². The summed E-state index contributed by atoms with van der Waals surface area (Å²) >= 11 is 0. The van der Waals surface area contributed by atoms with Gasteiger partial charge >= 0.3 is 0 Å². The largest absolute Gasteiger partial charge is 0.457 e. The van der Waals surface area contributed by atoms with E-state index in [1.54, 1.807) is 0 Å². The summed E-state index contributed by atoms with van der Waals surface area (Å²) in [5.74, 6) is 3.46. The first-order valence-corrected chi connectivity index (χ1v) is 13.4. The van der Waals surface area contributed by atoms with Crippen molar-refractivity contribution in [1.82, 2.24) is 0 Å². The van der Waals surface area contributed by atoms with Crippen LogP contribution in [0, 0.1) is 0 Å². The molecule has 0 N–H and O–H groups in total. The molecule has 0 radical (unpaired) electrons. The van der Waals surface area contributed by atoms with Gasteiger partial charge < -0.3 is 9.15 Å². The van der Waals surface area contributed by atoms with Crippen molar-refractivity contribution >= 4 is 0 Å². The number of fused-ring (bicyclic) bond motifs is 2. The van der Waals surface area contributed by atoms with Crippen LogP contribution in [0.3, 0.4) is 0 Å². The highest BCUT2D eigenvalue weighted by Crippen LogP contribution is 2.49. The maximum absolute atomic E-state index is 6.47. The molecule has 0 aliphatic carbocycles. The van der Waals surface area contributed by atoms with Crippen LogP contribution in [0.4, 0.5) is 0 Å². The zero-order valence-electron chi connectivity index (χ0n) is 22.0. The summed E-state index contributed by atoms with van der Waals surface area (Å²) in [5, 5.41) is 0. The van der Waals surface area contributed by atoms with Crippen molar-refractivity contribution in [2.24, 2.45) is 0 Å². The molecule has 1 aliphatic rings. The summed E-state index contributed by atoms with van der Waals surface area (Å²) in [6.45, 7) is 4.50. The van der Waals surface area contributed by atoms with Crippen LogP contribution in [-0.2, 0) is 5.41 Å². The minimum Gasteiger partial charge on any atom is -0.457 e. The van der Waals surface area contributed by atoms with E-state index in [4.69, 9.17) is 9.15 Å². The maximum Gasteiger partial charge on any atom is 0.135 e. The van der Waals surface area contributed by atoms with Gasteiger partial charge in [0, 0.05) is 27.7 Å². The number of furan rings is 1. The molecule has 0 bridgehead atoms. The lowest BCUT2D eigenvalue weighted by Crippen LogP contribution is -2.24. The Kier molecular flexibility index (Phi) is 5.49. The van der Waals surface area contributed by atoms with Gasteiger partial charge in [0.25, 0.3) is 0 Å². The van der Waals surface area contributed by atoms with E-state index in [1.807, 2.05) is 24.3 Å². The van der Waals surface area contributed by atoms with Crippen molar-refractivity contribution < 1.29 is 9.15 Å². The van der Waals surface area contributed by atoms with Crippen LogP contribution in [0.5, 0.6) is 11.5 Å². The van der Waals surface area contributed by atoms with Gasteiger partial charge in [0.05, 0.1) is 0 Å². The molecule has 0 spiro atoms.